The van der Waals surface area contributed by atoms with Crippen molar-refractivity contribution in [2.45, 2.75) is 26.4 Å². The molecule has 1 heterocycles. The van der Waals surface area contributed by atoms with Crippen LogP contribution in [-0.2, 0) is 11.2 Å². The standard InChI is InChI=1S/C21H19F2NO5/c1-2-3-13-10-20(26)29-18-11-16(8-9-17(13)18)27-12-19(25)24-14-4-6-15(7-5-14)28-21(22)23/h4-11,21H,2-3,12H2,1H3,(H,24,25). The lowest BCUT2D eigenvalue weighted by Gasteiger charge is -2.10. The zero-order valence-corrected chi connectivity index (χ0v) is 15.6. The molecular weight excluding hydrogens is 384 g/mol. The molecule has 29 heavy (non-hydrogen) atoms. The summed E-state index contributed by atoms with van der Waals surface area (Å²) in [6.45, 7) is -1.16. The number of nitrogens with one attached hydrogen (secondary N) is 1. The van der Waals surface area contributed by atoms with Crippen LogP contribution in [0.25, 0.3) is 11.0 Å². The molecule has 0 spiro atoms. The molecule has 8 heteroatoms. The summed E-state index contributed by atoms with van der Waals surface area (Å²) in [6.07, 6.45) is 1.65. The van der Waals surface area contributed by atoms with Crippen LogP contribution in [0.1, 0.15) is 18.9 Å². The summed E-state index contributed by atoms with van der Waals surface area (Å²) in [5, 5.41) is 3.41. The molecule has 1 aromatic heterocycles. The van der Waals surface area contributed by atoms with Gasteiger partial charge in [0.1, 0.15) is 17.1 Å². The average molecular weight is 403 g/mol. The van der Waals surface area contributed by atoms with Gasteiger partial charge in [0.25, 0.3) is 5.91 Å². The molecule has 0 radical (unpaired) electrons. The largest absolute Gasteiger partial charge is 0.484 e. The van der Waals surface area contributed by atoms with Gasteiger partial charge in [-0.05, 0) is 48.4 Å². The fraction of sp³-hybridized carbons (Fsp3) is 0.238. The molecule has 0 unspecified atom stereocenters. The molecule has 0 aliphatic heterocycles. The van der Waals surface area contributed by atoms with Crippen LogP contribution < -0.4 is 20.4 Å². The molecule has 3 rings (SSSR count). The van der Waals surface area contributed by atoms with Crippen LogP contribution >= 0.6 is 0 Å². The topological polar surface area (TPSA) is 77.8 Å². The normalized spacial score (nSPS) is 10.9. The van der Waals surface area contributed by atoms with E-state index in [0.29, 0.717) is 17.0 Å². The molecule has 3 aromatic rings. The molecule has 152 valence electrons. The monoisotopic (exact) mass is 403 g/mol. The number of ether oxygens (including phenoxy) is 2. The number of anilines is 1. The highest BCUT2D eigenvalue weighted by molar-refractivity contribution is 5.92. The van der Waals surface area contributed by atoms with Crippen molar-refractivity contribution in [1.29, 1.82) is 0 Å². The first-order valence-corrected chi connectivity index (χ1v) is 8.99. The highest BCUT2D eigenvalue weighted by Crippen LogP contribution is 2.24. The lowest BCUT2D eigenvalue weighted by atomic mass is 10.1. The summed E-state index contributed by atoms with van der Waals surface area (Å²) in [6, 6.07) is 12.1. The molecule has 0 saturated carbocycles. The maximum atomic E-state index is 12.1. The Balaban J connectivity index is 1.62. The average Bonchev–Trinajstić information content (AvgIpc) is 2.67. The predicted octanol–water partition coefficient (Wildman–Crippen LogP) is 4.36. The van der Waals surface area contributed by atoms with Crippen LogP contribution in [0.5, 0.6) is 11.5 Å². The number of halogens is 2. The Labute approximate surface area is 165 Å². The van der Waals surface area contributed by atoms with Gasteiger partial charge in [0.2, 0.25) is 0 Å². The third-order valence-corrected chi connectivity index (χ3v) is 4.05. The lowest BCUT2D eigenvalue weighted by molar-refractivity contribution is -0.118. The van der Waals surface area contributed by atoms with E-state index in [1.54, 1.807) is 18.2 Å². The fourth-order valence-corrected chi connectivity index (χ4v) is 2.84. The first kappa shape index (κ1) is 20.3. The second-order valence-corrected chi connectivity index (χ2v) is 6.24. The van der Waals surface area contributed by atoms with Crippen molar-refractivity contribution in [3.05, 3.63) is 64.5 Å². The van der Waals surface area contributed by atoms with Gasteiger partial charge in [0, 0.05) is 23.2 Å². The summed E-state index contributed by atoms with van der Waals surface area (Å²) < 4.78 is 39.2. The zero-order chi connectivity index (χ0) is 20.8. The van der Waals surface area contributed by atoms with Crippen LogP contribution in [0.3, 0.4) is 0 Å². The van der Waals surface area contributed by atoms with E-state index < -0.39 is 18.1 Å². The van der Waals surface area contributed by atoms with E-state index >= 15 is 0 Å². The Morgan fingerprint density at radius 1 is 1.10 bits per heavy atom. The molecule has 0 fully saturated rings. The Morgan fingerprint density at radius 3 is 2.52 bits per heavy atom. The van der Waals surface area contributed by atoms with Gasteiger partial charge < -0.3 is 19.2 Å². The number of rotatable bonds is 8. The van der Waals surface area contributed by atoms with Crippen LogP contribution in [0.4, 0.5) is 14.5 Å². The quantitative estimate of drug-likeness (QED) is 0.566. The summed E-state index contributed by atoms with van der Waals surface area (Å²) in [4.78, 5) is 23.8. The molecule has 0 aliphatic carbocycles. The Bertz CT molecular complexity index is 1050. The first-order chi connectivity index (χ1) is 13.9. The van der Waals surface area contributed by atoms with Gasteiger partial charge in [-0.3, -0.25) is 4.79 Å². The fourth-order valence-electron chi connectivity index (χ4n) is 2.84. The highest BCUT2D eigenvalue weighted by atomic mass is 19.3. The zero-order valence-electron chi connectivity index (χ0n) is 15.6. The first-order valence-electron chi connectivity index (χ1n) is 8.99. The van der Waals surface area contributed by atoms with Crippen molar-refractivity contribution in [3.63, 3.8) is 0 Å². The van der Waals surface area contributed by atoms with Gasteiger partial charge in [0.05, 0.1) is 0 Å². The SMILES string of the molecule is CCCc1cc(=O)oc2cc(OCC(=O)Nc3ccc(OC(F)F)cc3)ccc12. The van der Waals surface area contributed by atoms with Crippen LogP contribution in [0, 0.1) is 0 Å². The molecule has 0 atom stereocenters. The number of amides is 1. The van der Waals surface area contributed by atoms with E-state index in [0.717, 1.165) is 23.8 Å². The van der Waals surface area contributed by atoms with E-state index in [2.05, 4.69) is 10.1 Å². The van der Waals surface area contributed by atoms with Crippen molar-refractivity contribution in [2.24, 2.45) is 0 Å². The van der Waals surface area contributed by atoms with E-state index in [1.165, 1.54) is 30.3 Å². The second kappa shape index (κ2) is 9.18. The van der Waals surface area contributed by atoms with Gasteiger partial charge in [-0.25, -0.2) is 4.79 Å². The number of carbonyl (C=O) groups excluding carboxylic acids is 1. The van der Waals surface area contributed by atoms with E-state index in [4.69, 9.17) is 9.15 Å². The van der Waals surface area contributed by atoms with Crippen molar-refractivity contribution >= 4 is 22.6 Å². The van der Waals surface area contributed by atoms with Crippen molar-refractivity contribution < 1.29 is 27.5 Å². The summed E-state index contributed by atoms with van der Waals surface area (Å²) >= 11 is 0. The molecule has 1 N–H and O–H groups in total. The Morgan fingerprint density at radius 2 is 1.83 bits per heavy atom. The molecule has 2 aromatic carbocycles. The number of alkyl halides is 2. The Hall–Kier alpha value is -3.42. The number of hydrogen-bond donors (Lipinski definition) is 1. The molecule has 0 bridgehead atoms. The number of carbonyl (C=O) groups is 1. The molecule has 1 amide bonds. The third-order valence-electron chi connectivity index (χ3n) is 4.05. The van der Waals surface area contributed by atoms with E-state index in [9.17, 15) is 18.4 Å². The number of fused-ring (bicyclic) bond motifs is 1. The summed E-state index contributed by atoms with van der Waals surface area (Å²) in [7, 11) is 0. The minimum atomic E-state index is -2.91. The maximum absolute atomic E-state index is 12.1. The molecular formula is C21H19F2NO5. The summed E-state index contributed by atoms with van der Waals surface area (Å²) in [5.41, 5.74) is 1.28. The highest BCUT2D eigenvalue weighted by Gasteiger charge is 2.09. The van der Waals surface area contributed by atoms with E-state index in [-0.39, 0.29) is 12.4 Å². The second-order valence-electron chi connectivity index (χ2n) is 6.24. The number of benzene rings is 2. The van der Waals surface area contributed by atoms with Gasteiger partial charge in [-0.15, -0.1) is 0 Å². The van der Waals surface area contributed by atoms with Crippen molar-refractivity contribution in [2.75, 3.05) is 11.9 Å². The molecule has 0 aliphatic rings. The Kier molecular flexibility index (Phi) is 6.43. The summed E-state index contributed by atoms with van der Waals surface area (Å²) in [5.74, 6) is -0.0618. The van der Waals surface area contributed by atoms with Crippen molar-refractivity contribution in [3.8, 4) is 11.5 Å². The minimum Gasteiger partial charge on any atom is -0.484 e. The minimum absolute atomic E-state index is 0.00523. The van der Waals surface area contributed by atoms with E-state index in [1.807, 2.05) is 6.92 Å². The van der Waals surface area contributed by atoms with Gasteiger partial charge in [-0.1, -0.05) is 13.3 Å². The van der Waals surface area contributed by atoms with Crippen LogP contribution in [0.2, 0.25) is 0 Å². The van der Waals surface area contributed by atoms with Crippen LogP contribution in [0.15, 0.2) is 57.7 Å². The third kappa shape index (κ3) is 5.54. The van der Waals surface area contributed by atoms with Gasteiger partial charge >= 0.3 is 12.2 Å². The smallest absolute Gasteiger partial charge is 0.387 e. The van der Waals surface area contributed by atoms with Crippen molar-refractivity contribution in [1.82, 2.24) is 0 Å². The molecule has 0 saturated heterocycles. The lowest BCUT2D eigenvalue weighted by Crippen LogP contribution is -2.20. The van der Waals surface area contributed by atoms with Gasteiger partial charge in [0.15, 0.2) is 6.61 Å². The predicted molar refractivity (Wildman–Crippen MR) is 104 cm³/mol. The maximum Gasteiger partial charge on any atom is 0.387 e. The number of aryl methyl sites for hydroxylation is 1. The number of hydrogen-bond acceptors (Lipinski definition) is 5. The van der Waals surface area contributed by atoms with Crippen LogP contribution in [-0.4, -0.2) is 19.1 Å². The van der Waals surface area contributed by atoms with Gasteiger partial charge in [-0.2, -0.15) is 8.78 Å². The molecule has 6 nitrogen and oxygen atoms in total.